The van der Waals surface area contributed by atoms with Crippen molar-refractivity contribution in [3.8, 4) is 5.75 Å². The van der Waals surface area contributed by atoms with Crippen LogP contribution in [-0.4, -0.2) is 34.5 Å². The number of imide groups is 1. The highest BCUT2D eigenvalue weighted by molar-refractivity contribution is 9.10. The maximum Gasteiger partial charge on any atom is 0.234 e. The highest BCUT2D eigenvalue weighted by atomic mass is 79.9. The van der Waals surface area contributed by atoms with Crippen LogP contribution in [0.25, 0.3) is 6.08 Å². The number of benzene rings is 1. The zero-order valence-electron chi connectivity index (χ0n) is 20.7. The lowest BCUT2D eigenvalue weighted by atomic mass is 9.68. The Labute approximate surface area is 225 Å². The summed E-state index contributed by atoms with van der Waals surface area (Å²) < 4.78 is 7.26. The monoisotopic (exact) mass is 569 g/mol. The van der Waals surface area contributed by atoms with E-state index in [1.54, 1.807) is 17.4 Å². The van der Waals surface area contributed by atoms with E-state index in [1.807, 2.05) is 35.7 Å². The van der Waals surface area contributed by atoms with Crippen molar-refractivity contribution in [2.24, 2.45) is 17.8 Å². The van der Waals surface area contributed by atoms with Gasteiger partial charge in [0.2, 0.25) is 11.8 Å². The number of likely N-dealkylation sites (tertiary alicyclic amines) is 1. The molecule has 2 aromatic rings. The first-order chi connectivity index (χ1) is 17.4. The fourth-order valence-electron chi connectivity index (χ4n) is 6.13. The van der Waals surface area contributed by atoms with Crippen LogP contribution in [0.2, 0.25) is 0 Å². The number of rotatable bonds is 8. The third kappa shape index (κ3) is 4.85. The number of fused-ring (bicyclic) bond motifs is 3. The minimum absolute atomic E-state index is 0.00139. The number of carbonyl (C=O) groups is 2. The number of carbonyl (C=O) groups excluding carboxylic acids is 2. The van der Waals surface area contributed by atoms with Gasteiger partial charge in [-0.1, -0.05) is 52.6 Å². The number of hydrogen-bond donors (Lipinski definition) is 1. The molecular formula is C29H32BrNO4S. The summed E-state index contributed by atoms with van der Waals surface area (Å²) in [4.78, 5) is 29.4. The Hall–Kier alpha value is -2.22. The van der Waals surface area contributed by atoms with Crippen LogP contribution in [-0.2, 0) is 20.9 Å². The van der Waals surface area contributed by atoms with Gasteiger partial charge in [-0.3, -0.25) is 14.5 Å². The molecule has 1 aliphatic carbocycles. The molecule has 2 saturated heterocycles. The lowest BCUT2D eigenvalue weighted by Gasteiger charge is -2.32. The number of ether oxygens (including phenoxy) is 1. The molecule has 2 aliphatic heterocycles. The van der Waals surface area contributed by atoms with E-state index in [1.165, 1.54) is 16.0 Å². The second kappa shape index (κ2) is 10.6. The molecule has 3 aliphatic rings. The molecule has 2 fully saturated rings. The minimum Gasteiger partial charge on any atom is -0.507 e. The van der Waals surface area contributed by atoms with Crippen LogP contribution in [0.15, 0.2) is 56.9 Å². The zero-order chi connectivity index (χ0) is 25.4. The highest BCUT2D eigenvalue weighted by Gasteiger charge is 2.56. The molecule has 0 unspecified atom stereocenters. The largest absolute Gasteiger partial charge is 0.507 e. The molecule has 0 radical (unpaired) electrons. The van der Waals surface area contributed by atoms with Gasteiger partial charge in [0, 0.05) is 20.8 Å². The predicted octanol–water partition coefficient (Wildman–Crippen LogP) is 6.72. The van der Waals surface area contributed by atoms with Gasteiger partial charge in [-0.25, -0.2) is 0 Å². The van der Waals surface area contributed by atoms with Gasteiger partial charge in [0.05, 0.1) is 31.1 Å². The number of halogens is 1. The molecule has 36 heavy (non-hydrogen) atoms. The fraction of sp³-hybridized carbons (Fsp3) is 0.448. The smallest absolute Gasteiger partial charge is 0.234 e. The molecule has 0 saturated carbocycles. The van der Waals surface area contributed by atoms with Crippen LogP contribution < -0.4 is 0 Å². The first-order valence-electron chi connectivity index (χ1n) is 12.7. The maximum atomic E-state index is 13.5. The number of thiophene rings is 1. The van der Waals surface area contributed by atoms with Crippen molar-refractivity contribution in [1.82, 2.24) is 4.90 Å². The SMILES string of the molecule is CCCC1=C2[C@@H](CC/C(C)=C/c3cc(Br)ccc3O)OC[C@@H]2[C@@H]2C(=O)N(Cc3cccs3)C(=O)[C@@H]2C1. The summed E-state index contributed by atoms with van der Waals surface area (Å²) in [6.07, 6.45) is 6.29. The van der Waals surface area contributed by atoms with Gasteiger partial charge < -0.3 is 9.84 Å². The first-order valence-corrected chi connectivity index (χ1v) is 14.4. The average Bonchev–Trinajstić information content (AvgIpc) is 3.57. The third-order valence-electron chi connectivity index (χ3n) is 7.74. The highest BCUT2D eigenvalue weighted by Crippen LogP contribution is 2.51. The Morgan fingerprint density at radius 3 is 2.83 bits per heavy atom. The fourth-order valence-corrected chi connectivity index (χ4v) is 7.20. The molecule has 1 N–H and O–H groups in total. The summed E-state index contributed by atoms with van der Waals surface area (Å²) in [5, 5.41) is 12.2. The molecule has 4 atom stereocenters. The molecule has 1 aromatic carbocycles. The summed E-state index contributed by atoms with van der Waals surface area (Å²) in [7, 11) is 0. The van der Waals surface area contributed by atoms with E-state index in [0.717, 1.165) is 46.2 Å². The number of allylic oxidation sites excluding steroid dienone is 2. The first kappa shape index (κ1) is 25.4. The van der Waals surface area contributed by atoms with Crippen molar-refractivity contribution in [3.63, 3.8) is 0 Å². The van der Waals surface area contributed by atoms with Gasteiger partial charge in [-0.2, -0.15) is 0 Å². The van der Waals surface area contributed by atoms with Crippen molar-refractivity contribution in [1.29, 1.82) is 0 Å². The second-order valence-electron chi connectivity index (χ2n) is 10.1. The van der Waals surface area contributed by atoms with Crippen LogP contribution in [0.5, 0.6) is 5.75 Å². The third-order valence-corrected chi connectivity index (χ3v) is 9.09. The van der Waals surface area contributed by atoms with Gasteiger partial charge in [-0.05, 0) is 67.8 Å². The molecule has 190 valence electrons. The van der Waals surface area contributed by atoms with Gasteiger partial charge >= 0.3 is 0 Å². The molecule has 2 amide bonds. The van der Waals surface area contributed by atoms with E-state index in [-0.39, 0.29) is 41.4 Å². The van der Waals surface area contributed by atoms with Crippen LogP contribution in [0, 0.1) is 17.8 Å². The van der Waals surface area contributed by atoms with Crippen molar-refractivity contribution < 1.29 is 19.4 Å². The van der Waals surface area contributed by atoms with E-state index < -0.39 is 0 Å². The Morgan fingerprint density at radius 2 is 2.08 bits per heavy atom. The number of phenols is 1. The average molecular weight is 571 g/mol. The van der Waals surface area contributed by atoms with Crippen LogP contribution in [0.3, 0.4) is 0 Å². The molecule has 5 rings (SSSR count). The van der Waals surface area contributed by atoms with E-state index in [2.05, 4.69) is 29.8 Å². The summed E-state index contributed by atoms with van der Waals surface area (Å²) in [5.41, 5.74) is 4.57. The quantitative estimate of drug-likeness (QED) is 0.283. The second-order valence-corrected chi connectivity index (χ2v) is 12.1. The van der Waals surface area contributed by atoms with Crippen molar-refractivity contribution >= 4 is 45.2 Å². The van der Waals surface area contributed by atoms with E-state index in [0.29, 0.717) is 19.6 Å². The molecule has 1 aromatic heterocycles. The number of phenolic OH excluding ortho intramolecular Hbond substituents is 1. The predicted molar refractivity (Wildman–Crippen MR) is 145 cm³/mol. The molecule has 7 heteroatoms. The van der Waals surface area contributed by atoms with Gasteiger partial charge in [0.25, 0.3) is 0 Å². The minimum atomic E-state index is -0.298. The van der Waals surface area contributed by atoms with Crippen molar-refractivity contribution in [2.75, 3.05) is 6.61 Å². The standard InChI is InChI=1S/C29H32BrNO4S/c1-3-5-18-14-22-27(29(34)31(28(22)33)15-21-6-4-11-36-21)23-16-35-25(26(18)23)10-7-17(2)12-19-13-20(30)8-9-24(19)32/h4,6,8-9,11-13,22-23,25,27,32H,3,5,7,10,14-16H2,1-2H3/b17-12+/t22-,23+,25-,27-/m1/s1. The van der Waals surface area contributed by atoms with Crippen LogP contribution in [0.4, 0.5) is 0 Å². The van der Waals surface area contributed by atoms with Gasteiger partial charge in [-0.15, -0.1) is 11.3 Å². The van der Waals surface area contributed by atoms with Crippen molar-refractivity contribution in [3.05, 3.63) is 67.3 Å². The molecular weight excluding hydrogens is 538 g/mol. The Morgan fingerprint density at radius 1 is 1.25 bits per heavy atom. The van der Waals surface area contributed by atoms with E-state index in [9.17, 15) is 14.7 Å². The van der Waals surface area contributed by atoms with Crippen molar-refractivity contribution in [2.45, 2.75) is 58.6 Å². The van der Waals surface area contributed by atoms with E-state index in [4.69, 9.17) is 4.74 Å². The van der Waals surface area contributed by atoms with Gasteiger partial charge in [0.15, 0.2) is 0 Å². The Balaban J connectivity index is 1.34. The summed E-state index contributed by atoms with van der Waals surface area (Å²) in [6, 6.07) is 9.37. The topological polar surface area (TPSA) is 66.8 Å². The molecule has 0 spiro atoms. The summed E-state index contributed by atoms with van der Waals surface area (Å²) >= 11 is 5.05. The van der Waals surface area contributed by atoms with Gasteiger partial charge in [0.1, 0.15) is 5.75 Å². The van der Waals surface area contributed by atoms with Crippen LogP contribution >= 0.6 is 27.3 Å². The molecule has 3 heterocycles. The van der Waals surface area contributed by atoms with Crippen LogP contribution in [0.1, 0.15) is 56.4 Å². The Kier molecular flexibility index (Phi) is 7.52. The summed E-state index contributed by atoms with van der Waals surface area (Å²) in [5.74, 6) is -0.329. The number of nitrogens with zero attached hydrogens (tertiary/aromatic N) is 1. The zero-order valence-corrected chi connectivity index (χ0v) is 23.1. The van der Waals surface area contributed by atoms with E-state index >= 15 is 0 Å². The summed E-state index contributed by atoms with van der Waals surface area (Å²) in [6.45, 7) is 5.13. The lowest BCUT2D eigenvalue weighted by Crippen LogP contribution is -2.34. The molecule has 5 nitrogen and oxygen atoms in total. The number of aromatic hydroxyl groups is 1. The number of hydrogen-bond acceptors (Lipinski definition) is 5. The normalized spacial score (nSPS) is 26.1. The number of amides is 2. The molecule has 0 bridgehead atoms. The lowest BCUT2D eigenvalue weighted by molar-refractivity contribution is -0.140. The maximum absolute atomic E-state index is 13.5. The Bertz CT molecular complexity index is 1220.